The number of aromatic hydroxyl groups is 1. The molecule has 11 heteroatoms. The van der Waals surface area contributed by atoms with E-state index in [1.165, 1.54) is 23.0 Å². The molecule has 2 aromatic heterocycles. The molecular formula is C31H28F3N5O3. The second-order valence-corrected chi connectivity index (χ2v) is 10.3. The number of piperidine rings is 1. The molecule has 0 unspecified atom stereocenters. The number of alkyl halides is 3. The van der Waals surface area contributed by atoms with E-state index in [2.05, 4.69) is 38.5 Å². The van der Waals surface area contributed by atoms with Crippen molar-refractivity contribution in [2.45, 2.75) is 25.1 Å². The number of anilines is 2. The maximum atomic E-state index is 13.2. The number of aromatic amines is 1. The van der Waals surface area contributed by atoms with Gasteiger partial charge < -0.3 is 25.0 Å². The molecule has 5 aromatic rings. The van der Waals surface area contributed by atoms with E-state index >= 15 is 0 Å². The Morgan fingerprint density at radius 2 is 1.83 bits per heavy atom. The van der Waals surface area contributed by atoms with Gasteiger partial charge in [0.25, 0.3) is 5.91 Å². The fraction of sp³-hybridized carbons (Fsp3) is 0.226. The van der Waals surface area contributed by atoms with Crippen molar-refractivity contribution in [1.29, 1.82) is 0 Å². The molecule has 3 aromatic carbocycles. The van der Waals surface area contributed by atoms with Crippen LogP contribution in [0.2, 0.25) is 0 Å². The number of aryl methyl sites for hydroxylation is 1. The predicted molar refractivity (Wildman–Crippen MR) is 154 cm³/mol. The first-order valence-electron chi connectivity index (χ1n) is 13.5. The molecular weight excluding hydrogens is 547 g/mol. The van der Waals surface area contributed by atoms with Crippen molar-refractivity contribution in [3.63, 3.8) is 0 Å². The summed E-state index contributed by atoms with van der Waals surface area (Å²) in [7, 11) is 1.67. The molecule has 3 heterocycles. The number of fused-ring (bicyclic) bond motifs is 1. The lowest BCUT2D eigenvalue weighted by Crippen LogP contribution is -2.38. The van der Waals surface area contributed by atoms with Crippen molar-refractivity contribution in [2.24, 2.45) is 7.05 Å². The highest BCUT2D eigenvalue weighted by molar-refractivity contribution is 6.04. The predicted octanol–water partition coefficient (Wildman–Crippen LogP) is 6.59. The summed E-state index contributed by atoms with van der Waals surface area (Å²) in [5.74, 6) is 0.794. The normalized spacial score (nSPS) is 14.3. The molecule has 1 fully saturated rings. The number of nitrogens with zero attached hydrogens (tertiary/aromatic N) is 3. The SMILES string of the molecule is Cn1ncc(O)c1-c1cc(NC(=O)c2cccc(C(F)(F)F)c2)ccc1OC1CCN(c2cc3ccccc3[nH]2)CC1. The highest BCUT2D eigenvalue weighted by Crippen LogP contribution is 2.39. The summed E-state index contributed by atoms with van der Waals surface area (Å²) < 4.78 is 47.4. The monoisotopic (exact) mass is 575 g/mol. The molecule has 1 amide bonds. The number of amides is 1. The van der Waals surface area contributed by atoms with Gasteiger partial charge in [-0.25, -0.2) is 0 Å². The number of halogens is 3. The third kappa shape index (κ3) is 5.50. The maximum absolute atomic E-state index is 13.2. The molecule has 0 radical (unpaired) electrons. The fourth-order valence-electron chi connectivity index (χ4n) is 5.30. The van der Waals surface area contributed by atoms with Gasteiger partial charge in [0.2, 0.25) is 0 Å². The molecule has 216 valence electrons. The molecule has 1 saturated heterocycles. The Kier molecular flexibility index (Phi) is 7.01. The highest BCUT2D eigenvalue weighted by Gasteiger charge is 2.31. The zero-order valence-corrected chi connectivity index (χ0v) is 22.7. The van der Waals surface area contributed by atoms with Gasteiger partial charge in [0.05, 0.1) is 11.8 Å². The van der Waals surface area contributed by atoms with E-state index in [1.807, 2.05) is 12.1 Å². The topological polar surface area (TPSA) is 95.4 Å². The van der Waals surface area contributed by atoms with Crippen LogP contribution in [0.1, 0.15) is 28.8 Å². The van der Waals surface area contributed by atoms with Gasteiger partial charge in [0.15, 0.2) is 5.75 Å². The Morgan fingerprint density at radius 3 is 2.55 bits per heavy atom. The van der Waals surface area contributed by atoms with E-state index in [0.717, 1.165) is 54.8 Å². The number of para-hydroxylation sites is 1. The quantitative estimate of drug-likeness (QED) is 0.212. The minimum Gasteiger partial charge on any atom is -0.504 e. The van der Waals surface area contributed by atoms with Crippen LogP contribution < -0.4 is 15.0 Å². The summed E-state index contributed by atoms with van der Waals surface area (Å²) in [4.78, 5) is 18.6. The van der Waals surface area contributed by atoms with E-state index in [0.29, 0.717) is 22.7 Å². The van der Waals surface area contributed by atoms with E-state index in [4.69, 9.17) is 4.74 Å². The first kappa shape index (κ1) is 27.3. The van der Waals surface area contributed by atoms with Gasteiger partial charge in [-0.3, -0.25) is 9.48 Å². The third-order valence-electron chi connectivity index (χ3n) is 7.46. The van der Waals surface area contributed by atoms with Crippen LogP contribution in [-0.2, 0) is 13.2 Å². The van der Waals surface area contributed by atoms with Crippen LogP contribution in [0.15, 0.2) is 79.0 Å². The maximum Gasteiger partial charge on any atom is 0.416 e. The lowest BCUT2D eigenvalue weighted by molar-refractivity contribution is -0.137. The highest BCUT2D eigenvalue weighted by atomic mass is 19.4. The van der Waals surface area contributed by atoms with Crippen molar-refractivity contribution in [2.75, 3.05) is 23.3 Å². The molecule has 8 nitrogen and oxygen atoms in total. The number of hydrogen-bond acceptors (Lipinski definition) is 5. The molecule has 3 N–H and O–H groups in total. The number of nitrogens with one attached hydrogen (secondary N) is 2. The van der Waals surface area contributed by atoms with E-state index in [-0.39, 0.29) is 17.4 Å². The van der Waals surface area contributed by atoms with Crippen molar-refractivity contribution >= 4 is 28.3 Å². The number of aromatic nitrogens is 3. The summed E-state index contributed by atoms with van der Waals surface area (Å²) >= 11 is 0. The van der Waals surface area contributed by atoms with E-state index < -0.39 is 17.6 Å². The lowest BCUT2D eigenvalue weighted by Gasteiger charge is -2.33. The number of carbonyl (C=O) groups excluding carboxylic acids is 1. The minimum atomic E-state index is -4.56. The lowest BCUT2D eigenvalue weighted by atomic mass is 10.1. The van der Waals surface area contributed by atoms with E-state index in [1.54, 1.807) is 25.2 Å². The molecule has 0 saturated carbocycles. The molecule has 1 aliphatic heterocycles. The smallest absolute Gasteiger partial charge is 0.416 e. The van der Waals surface area contributed by atoms with Gasteiger partial charge in [-0.15, -0.1) is 0 Å². The van der Waals surface area contributed by atoms with Crippen LogP contribution in [0.4, 0.5) is 24.7 Å². The molecule has 42 heavy (non-hydrogen) atoms. The van der Waals surface area contributed by atoms with Crippen LogP contribution in [-0.4, -0.2) is 45.0 Å². The largest absolute Gasteiger partial charge is 0.504 e. The van der Waals surface area contributed by atoms with Crippen molar-refractivity contribution in [3.05, 3.63) is 90.1 Å². The number of hydrogen-bond donors (Lipinski definition) is 3. The number of rotatable bonds is 6. The van der Waals surface area contributed by atoms with Crippen LogP contribution in [0, 0.1) is 0 Å². The average Bonchev–Trinajstić information content (AvgIpc) is 3.56. The van der Waals surface area contributed by atoms with Crippen LogP contribution in [0.3, 0.4) is 0 Å². The van der Waals surface area contributed by atoms with Gasteiger partial charge in [-0.05, 0) is 48.5 Å². The first-order chi connectivity index (χ1) is 20.2. The molecule has 1 aliphatic rings. The fourth-order valence-corrected chi connectivity index (χ4v) is 5.30. The number of carbonyl (C=O) groups is 1. The molecule has 0 aliphatic carbocycles. The van der Waals surface area contributed by atoms with Crippen LogP contribution >= 0.6 is 0 Å². The van der Waals surface area contributed by atoms with E-state index in [9.17, 15) is 23.1 Å². The van der Waals surface area contributed by atoms with Crippen LogP contribution in [0.25, 0.3) is 22.2 Å². The number of benzene rings is 3. The zero-order valence-electron chi connectivity index (χ0n) is 22.7. The standard InChI is InChI=1S/C31H28F3N5O3/c1-38-29(26(40)18-35-38)24-17-22(36-30(41)20-6-4-7-21(15-20)31(32,33)34)9-10-27(24)42-23-11-13-39(14-12-23)28-16-19-5-2-3-8-25(19)37-28/h2-10,15-18,23,37,40H,11-14H2,1H3,(H,36,41). The first-order valence-corrected chi connectivity index (χ1v) is 13.5. The molecule has 0 atom stereocenters. The third-order valence-corrected chi connectivity index (χ3v) is 7.46. The number of H-pyrrole nitrogens is 1. The van der Waals surface area contributed by atoms with Gasteiger partial charge in [-0.2, -0.15) is 18.3 Å². The second-order valence-electron chi connectivity index (χ2n) is 10.3. The minimum absolute atomic E-state index is 0.0719. The Balaban J connectivity index is 1.21. The Bertz CT molecular complexity index is 1700. The molecule has 0 bridgehead atoms. The Labute approximate surface area is 239 Å². The van der Waals surface area contributed by atoms with Crippen molar-refractivity contribution < 1.29 is 27.8 Å². The Morgan fingerprint density at radius 1 is 1.05 bits per heavy atom. The number of ether oxygens (including phenoxy) is 1. The summed E-state index contributed by atoms with van der Waals surface area (Å²) in [6.07, 6.45) is -1.82. The molecule has 0 spiro atoms. The summed E-state index contributed by atoms with van der Waals surface area (Å²) in [5, 5.41) is 18.5. The van der Waals surface area contributed by atoms with Crippen molar-refractivity contribution in [1.82, 2.24) is 14.8 Å². The second kappa shape index (κ2) is 10.8. The summed E-state index contributed by atoms with van der Waals surface area (Å²) in [6, 6.07) is 19.5. The van der Waals surface area contributed by atoms with Gasteiger partial charge in [0, 0.05) is 60.7 Å². The summed E-state index contributed by atoms with van der Waals surface area (Å²) in [6.45, 7) is 1.57. The zero-order chi connectivity index (χ0) is 29.4. The van der Waals surface area contributed by atoms with Gasteiger partial charge in [-0.1, -0.05) is 24.3 Å². The van der Waals surface area contributed by atoms with Gasteiger partial charge in [0.1, 0.15) is 23.4 Å². The van der Waals surface area contributed by atoms with Crippen molar-refractivity contribution in [3.8, 4) is 22.8 Å². The van der Waals surface area contributed by atoms with Gasteiger partial charge >= 0.3 is 6.18 Å². The molecule has 6 rings (SSSR count). The Hall–Kier alpha value is -4.93. The van der Waals surface area contributed by atoms with Crippen LogP contribution in [0.5, 0.6) is 11.5 Å². The summed E-state index contributed by atoms with van der Waals surface area (Å²) in [5.41, 5.74) is 1.26. The average molecular weight is 576 g/mol.